The Hall–Kier alpha value is -0.130. The van der Waals surface area contributed by atoms with E-state index in [0.717, 1.165) is 16.6 Å². The van der Waals surface area contributed by atoms with E-state index in [1.807, 2.05) is 30.3 Å². The standard InChI is InChI=1S/C15H24NO.HI/c1-16(11-7-2-3-8-12-16)13-15(17)14-9-5-4-6-10-14;/h4-6,9-10,15,17H,2-3,7-8,11-13H2,1H3;1H/q+1;/p-1. The van der Waals surface area contributed by atoms with Crippen molar-refractivity contribution in [1.29, 1.82) is 0 Å². The van der Waals surface area contributed by atoms with Gasteiger partial charge in [0.25, 0.3) is 0 Å². The number of halogens is 1. The molecule has 0 spiro atoms. The molecule has 0 aliphatic carbocycles. The van der Waals surface area contributed by atoms with Gasteiger partial charge in [0.15, 0.2) is 0 Å². The summed E-state index contributed by atoms with van der Waals surface area (Å²) in [5, 5.41) is 10.3. The number of quaternary nitrogens is 1. The fraction of sp³-hybridized carbons (Fsp3) is 0.600. The molecule has 0 saturated carbocycles. The Morgan fingerprint density at radius 3 is 2.17 bits per heavy atom. The molecule has 1 aromatic rings. The summed E-state index contributed by atoms with van der Waals surface area (Å²) in [6, 6.07) is 10.0. The molecule has 0 bridgehead atoms. The molecule has 1 N–H and O–H groups in total. The van der Waals surface area contributed by atoms with Crippen molar-refractivity contribution >= 4 is 0 Å². The lowest BCUT2D eigenvalue weighted by molar-refractivity contribution is -0.912. The monoisotopic (exact) mass is 361 g/mol. The van der Waals surface area contributed by atoms with E-state index in [0.29, 0.717) is 0 Å². The third-order valence-corrected chi connectivity index (χ3v) is 3.94. The zero-order valence-electron chi connectivity index (χ0n) is 11.2. The van der Waals surface area contributed by atoms with Crippen LogP contribution in [-0.2, 0) is 0 Å². The maximum absolute atomic E-state index is 10.3. The number of hydrogen-bond acceptors (Lipinski definition) is 1. The van der Waals surface area contributed by atoms with Gasteiger partial charge in [0.2, 0.25) is 0 Å². The Morgan fingerprint density at radius 1 is 1.06 bits per heavy atom. The van der Waals surface area contributed by atoms with Gasteiger partial charge >= 0.3 is 0 Å². The van der Waals surface area contributed by atoms with Crippen molar-refractivity contribution in [3.63, 3.8) is 0 Å². The van der Waals surface area contributed by atoms with Gasteiger partial charge in [-0.2, -0.15) is 0 Å². The Balaban J connectivity index is 0.00000162. The van der Waals surface area contributed by atoms with Crippen LogP contribution in [0.3, 0.4) is 0 Å². The molecule has 18 heavy (non-hydrogen) atoms. The molecule has 1 aliphatic rings. The van der Waals surface area contributed by atoms with Gasteiger partial charge in [-0.1, -0.05) is 30.3 Å². The van der Waals surface area contributed by atoms with Gasteiger partial charge in [-0.15, -0.1) is 0 Å². The first-order chi connectivity index (χ1) is 8.20. The molecule has 1 aliphatic heterocycles. The van der Waals surface area contributed by atoms with Crippen molar-refractivity contribution in [2.75, 3.05) is 26.7 Å². The van der Waals surface area contributed by atoms with Crippen LogP contribution in [0.4, 0.5) is 0 Å². The average molecular weight is 361 g/mol. The Bertz CT molecular complexity index is 334. The number of nitrogens with zero attached hydrogens (tertiary/aromatic N) is 1. The lowest BCUT2D eigenvalue weighted by Gasteiger charge is -2.35. The largest absolute Gasteiger partial charge is 1.00 e. The van der Waals surface area contributed by atoms with Crippen LogP contribution >= 0.6 is 0 Å². The van der Waals surface area contributed by atoms with Crippen LogP contribution in [0.15, 0.2) is 30.3 Å². The van der Waals surface area contributed by atoms with Crippen molar-refractivity contribution in [2.45, 2.75) is 31.8 Å². The molecule has 1 unspecified atom stereocenters. The fourth-order valence-corrected chi connectivity index (χ4v) is 2.83. The molecule has 1 heterocycles. The summed E-state index contributed by atoms with van der Waals surface area (Å²) in [7, 11) is 2.29. The summed E-state index contributed by atoms with van der Waals surface area (Å²) >= 11 is 0. The van der Waals surface area contributed by atoms with Crippen LogP contribution in [0.5, 0.6) is 0 Å². The van der Waals surface area contributed by atoms with Crippen LogP contribution < -0.4 is 24.0 Å². The number of rotatable bonds is 3. The molecule has 0 aromatic heterocycles. The SMILES string of the molecule is C[N+]1(CC(O)c2ccccc2)CCCCCC1.[I-]. The van der Waals surface area contributed by atoms with Gasteiger partial charge in [0.05, 0.1) is 20.1 Å². The van der Waals surface area contributed by atoms with Crippen LogP contribution in [0.25, 0.3) is 0 Å². The smallest absolute Gasteiger partial charge is 0.128 e. The van der Waals surface area contributed by atoms with Crippen LogP contribution in [0.1, 0.15) is 37.4 Å². The first-order valence-corrected chi connectivity index (χ1v) is 6.76. The van der Waals surface area contributed by atoms with E-state index < -0.39 is 0 Å². The molecule has 0 amide bonds. The third-order valence-electron chi connectivity index (χ3n) is 3.94. The van der Waals surface area contributed by atoms with Gasteiger partial charge in [0.1, 0.15) is 12.6 Å². The third kappa shape index (κ3) is 4.52. The van der Waals surface area contributed by atoms with E-state index in [4.69, 9.17) is 0 Å². The zero-order valence-corrected chi connectivity index (χ0v) is 13.3. The highest BCUT2D eigenvalue weighted by Crippen LogP contribution is 2.21. The molecule has 1 saturated heterocycles. The van der Waals surface area contributed by atoms with Crippen LogP contribution in [0.2, 0.25) is 0 Å². The van der Waals surface area contributed by atoms with Crippen molar-refractivity contribution in [1.82, 2.24) is 0 Å². The normalized spacial score (nSPS) is 20.6. The number of aliphatic hydroxyl groups excluding tert-OH is 1. The summed E-state index contributed by atoms with van der Waals surface area (Å²) in [6.07, 6.45) is 5.00. The summed E-state index contributed by atoms with van der Waals surface area (Å²) in [5.41, 5.74) is 1.05. The summed E-state index contributed by atoms with van der Waals surface area (Å²) in [5.74, 6) is 0. The molecule has 3 heteroatoms. The second-order valence-electron chi connectivity index (χ2n) is 5.59. The Kier molecular flexibility index (Phi) is 6.60. The molecular formula is C15H24INO. The zero-order chi connectivity index (χ0) is 12.1. The Labute approximate surface area is 128 Å². The summed E-state index contributed by atoms with van der Waals surface area (Å²) < 4.78 is 1.02. The second kappa shape index (κ2) is 7.46. The van der Waals surface area contributed by atoms with Crippen LogP contribution in [0, 0.1) is 0 Å². The van der Waals surface area contributed by atoms with Crippen molar-refractivity contribution in [2.24, 2.45) is 0 Å². The molecule has 2 nitrogen and oxygen atoms in total. The van der Waals surface area contributed by atoms with E-state index >= 15 is 0 Å². The Morgan fingerprint density at radius 2 is 1.61 bits per heavy atom. The maximum Gasteiger partial charge on any atom is 0.128 e. The number of likely N-dealkylation sites (tertiary alicyclic amines) is 1. The topological polar surface area (TPSA) is 20.2 Å². The maximum atomic E-state index is 10.3. The first kappa shape index (κ1) is 15.9. The molecular weight excluding hydrogens is 337 g/mol. The lowest BCUT2D eigenvalue weighted by Crippen LogP contribution is -3.00. The molecule has 0 radical (unpaired) electrons. The van der Waals surface area contributed by atoms with Gasteiger partial charge in [-0.25, -0.2) is 0 Å². The van der Waals surface area contributed by atoms with E-state index in [9.17, 15) is 5.11 Å². The lowest BCUT2D eigenvalue weighted by atomic mass is 10.1. The molecule has 2 rings (SSSR count). The summed E-state index contributed by atoms with van der Waals surface area (Å²) in [6.45, 7) is 3.28. The minimum absolute atomic E-state index is 0. The minimum Gasteiger partial charge on any atom is -1.00 e. The van der Waals surface area contributed by atoms with E-state index in [-0.39, 0.29) is 30.1 Å². The van der Waals surface area contributed by atoms with E-state index in [1.165, 1.54) is 38.8 Å². The molecule has 1 atom stereocenters. The number of hydrogen-bond donors (Lipinski definition) is 1. The second-order valence-corrected chi connectivity index (χ2v) is 5.59. The quantitative estimate of drug-likeness (QED) is 0.581. The van der Waals surface area contributed by atoms with Gasteiger partial charge in [0, 0.05) is 0 Å². The van der Waals surface area contributed by atoms with Crippen LogP contribution in [-0.4, -0.2) is 36.3 Å². The molecule has 102 valence electrons. The van der Waals surface area contributed by atoms with Gasteiger partial charge < -0.3 is 33.6 Å². The van der Waals surface area contributed by atoms with Crippen molar-refractivity contribution in [3.8, 4) is 0 Å². The molecule has 1 fully saturated rings. The van der Waals surface area contributed by atoms with E-state index in [2.05, 4.69) is 7.05 Å². The van der Waals surface area contributed by atoms with E-state index in [1.54, 1.807) is 0 Å². The molecule has 1 aromatic carbocycles. The minimum atomic E-state index is -0.320. The predicted molar refractivity (Wildman–Crippen MR) is 70.7 cm³/mol. The highest BCUT2D eigenvalue weighted by molar-refractivity contribution is 5.17. The first-order valence-electron chi connectivity index (χ1n) is 6.76. The number of likely N-dealkylation sites (N-methyl/N-ethyl adjacent to an activating group) is 1. The number of benzene rings is 1. The fourth-order valence-electron chi connectivity index (χ4n) is 2.83. The summed E-state index contributed by atoms with van der Waals surface area (Å²) in [4.78, 5) is 0. The highest BCUT2D eigenvalue weighted by Gasteiger charge is 2.27. The van der Waals surface area contributed by atoms with Crippen molar-refractivity contribution in [3.05, 3.63) is 35.9 Å². The average Bonchev–Trinajstić information content (AvgIpc) is 2.55. The van der Waals surface area contributed by atoms with Gasteiger partial charge in [-0.3, -0.25) is 0 Å². The highest BCUT2D eigenvalue weighted by atomic mass is 127. The predicted octanol–water partition coefficient (Wildman–Crippen LogP) is -0.255. The van der Waals surface area contributed by atoms with Crippen molar-refractivity contribution < 1.29 is 33.6 Å². The number of aliphatic hydroxyl groups is 1. The van der Waals surface area contributed by atoms with Gasteiger partial charge in [-0.05, 0) is 31.2 Å².